The minimum atomic E-state index is -0.215. The Morgan fingerprint density at radius 1 is 1.00 bits per heavy atom. The quantitative estimate of drug-likeness (QED) is 0.680. The highest BCUT2D eigenvalue weighted by molar-refractivity contribution is 7.08. The Hall–Kier alpha value is -2.92. The van der Waals surface area contributed by atoms with E-state index in [0.29, 0.717) is 17.7 Å². The van der Waals surface area contributed by atoms with E-state index < -0.39 is 0 Å². The first-order valence-electron chi connectivity index (χ1n) is 8.39. The molecule has 3 rings (SSSR count). The number of carbonyl (C=O) groups is 2. The Labute approximate surface area is 156 Å². The molecule has 2 amide bonds. The summed E-state index contributed by atoms with van der Waals surface area (Å²) < 4.78 is 0. The van der Waals surface area contributed by atoms with Gasteiger partial charge in [0.25, 0.3) is 5.91 Å². The van der Waals surface area contributed by atoms with Crippen LogP contribution >= 0.6 is 11.3 Å². The molecule has 0 aliphatic carbocycles. The summed E-state index contributed by atoms with van der Waals surface area (Å²) in [4.78, 5) is 24.9. The summed E-state index contributed by atoms with van der Waals surface area (Å²) in [5, 5.41) is 9.71. The summed E-state index contributed by atoms with van der Waals surface area (Å²) in [7, 11) is 0. The molecular weight excluding hydrogens is 344 g/mol. The zero-order chi connectivity index (χ0) is 18.4. The van der Waals surface area contributed by atoms with Crippen molar-refractivity contribution in [3.63, 3.8) is 0 Å². The highest BCUT2D eigenvalue weighted by atomic mass is 32.1. The second-order valence-electron chi connectivity index (χ2n) is 6.01. The lowest BCUT2D eigenvalue weighted by molar-refractivity contribution is -0.115. The van der Waals surface area contributed by atoms with Gasteiger partial charge in [0.1, 0.15) is 0 Å². The Kier molecular flexibility index (Phi) is 5.81. The van der Waals surface area contributed by atoms with Crippen LogP contribution in [0.3, 0.4) is 0 Å². The van der Waals surface area contributed by atoms with E-state index in [2.05, 4.69) is 10.6 Å². The molecule has 0 saturated heterocycles. The number of thiophene rings is 1. The lowest BCUT2D eigenvalue weighted by Gasteiger charge is -2.16. The fourth-order valence-corrected chi connectivity index (χ4v) is 3.33. The maximum atomic E-state index is 12.7. The molecule has 0 radical (unpaired) electrons. The Morgan fingerprint density at radius 2 is 1.73 bits per heavy atom. The molecule has 1 atom stereocenters. The average Bonchev–Trinajstić information content (AvgIpc) is 3.15. The normalized spacial score (nSPS) is 11.6. The second-order valence-corrected chi connectivity index (χ2v) is 6.79. The van der Waals surface area contributed by atoms with Crippen molar-refractivity contribution >= 4 is 28.8 Å². The van der Waals surface area contributed by atoms with Crippen molar-refractivity contribution in [3.8, 4) is 0 Å². The van der Waals surface area contributed by atoms with Crippen molar-refractivity contribution in [3.05, 3.63) is 88.1 Å². The zero-order valence-electron chi connectivity index (χ0n) is 14.4. The van der Waals surface area contributed by atoms with Gasteiger partial charge >= 0.3 is 0 Å². The maximum Gasteiger partial charge on any atom is 0.253 e. The first kappa shape index (κ1) is 17.9. The minimum Gasteiger partial charge on any atom is -0.345 e. The number of para-hydroxylation sites is 1. The van der Waals surface area contributed by atoms with Crippen molar-refractivity contribution in [2.45, 2.75) is 19.4 Å². The maximum absolute atomic E-state index is 12.7. The summed E-state index contributed by atoms with van der Waals surface area (Å²) >= 11 is 1.56. The van der Waals surface area contributed by atoms with Gasteiger partial charge in [-0.3, -0.25) is 9.59 Å². The number of carbonyl (C=O) groups excluding carboxylic acids is 2. The Balaban J connectivity index is 1.70. The van der Waals surface area contributed by atoms with Crippen LogP contribution in [0.2, 0.25) is 0 Å². The molecule has 4 nitrogen and oxygen atoms in total. The molecule has 0 bridgehead atoms. The van der Waals surface area contributed by atoms with Crippen LogP contribution in [-0.2, 0) is 11.2 Å². The molecule has 0 aliphatic rings. The standard InChI is InChI=1S/C21H20N2O2S/c1-15(17-7-3-2-4-8-17)22-21(25)18-9-5-6-10-19(18)23-20(24)13-16-11-12-26-14-16/h2-12,14-15H,13H2,1H3,(H,22,25)(H,23,24)/t15-/m0/s1. The van der Waals surface area contributed by atoms with E-state index in [0.717, 1.165) is 11.1 Å². The van der Waals surface area contributed by atoms with Gasteiger partial charge in [-0.25, -0.2) is 0 Å². The fourth-order valence-electron chi connectivity index (χ4n) is 2.66. The van der Waals surface area contributed by atoms with E-state index in [-0.39, 0.29) is 17.9 Å². The zero-order valence-corrected chi connectivity index (χ0v) is 15.3. The van der Waals surface area contributed by atoms with Crippen LogP contribution in [0.15, 0.2) is 71.4 Å². The molecule has 0 aliphatic heterocycles. The van der Waals surface area contributed by atoms with Gasteiger partial charge in [0.15, 0.2) is 0 Å². The number of hydrogen-bond acceptors (Lipinski definition) is 3. The predicted molar refractivity (Wildman–Crippen MR) is 105 cm³/mol. The van der Waals surface area contributed by atoms with Gasteiger partial charge < -0.3 is 10.6 Å². The summed E-state index contributed by atoms with van der Waals surface area (Å²) in [5.41, 5.74) is 2.96. The van der Waals surface area contributed by atoms with Crippen molar-refractivity contribution < 1.29 is 9.59 Å². The smallest absolute Gasteiger partial charge is 0.253 e. The highest BCUT2D eigenvalue weighted by Crippen LogP contribution is 2.18. The third kappa shape index (κ3) is 4.58. The number of benzene rings is 2. The first-order valence-corrected chi connectivity index (χ1v) is 9.33. The number of rotatable bonds is 6. The number of anilines is 1. The summed E-state index contributed by atoms with van der Waals surface area (Å²) in [6, 6.07) is 18.6. The molecule has 2 aromatic carbocycles. The molecule has 26 heavy (non-hydrogen) atoms. The Morgan fingerprint density at radius 3 is 2.46 bits per heavy atom. The van der Waals surface area contributed by atoms with Gasteiger partial charge in [-0.1, -0.05) is 42.5 Å². The number of nitrogens with one attached hydrogen (secondary N) is 2. The van der Waals surface area contributed by atoms with Gasteiger partial charge in [0.2, 0.25) is 5.91 Å². The van der Waals surface area contributed by atoms with Crippen LogP contribution < -0.4 is 10.6 Å². The van der Waals surface area contributed by atoms with Crippen LogP contribution in [-0.4, -0.2) is 11.8 Å². The Bertz CT molecular complexity index is 876. The van der Waals surface area contributed by atoms with Gasteiger partial charge in [-0.05, 0) is 47.0 Å². The van der Waals surface area contributed by atoms with Crippen molar-refractivity contribution in [2.75, 3.05) is 5.32 Å². The molecule has 1 aromatic heterocycles. The van der Waals surface area contributed by atoms with Crippen molar-refractivity contribution in [1.82, 2.24) is 5.32 Å². The van der Waals surface area contributed by atoms with Crippen LogP contribution in [0.5, 0.6) is 0 Å². The summed E-state index contributed by atoms with van der Waals surface area (Å²) in [6.45, 7) is 1.94. The molecule has 0 spiro atoms. The van der Waals surface area contributed by atoms with Crippen LogP contribution in [0.25, 0.3) is 0 Å². The number of hydrogen-bond donors (Lipinski definition) is 2. The van der Waals surface area contributed by atoms with Gasteiger partial charge in [0.05, 0.1) is 23.7 Å². The molecule has 5 heteroatoms. The lowest BCUT2D eigenvalue weighted by atomic mass is 10.1. The number of amides is 2. The summed E-state index contributed by atoms with van der Waals surface area (Å²) in [5.74, 6) is -0.354. The molecule has 0 unspecified atom stereocenters. The molecule has 0 fully saturated rings. The predicted octanol–water partition coefficient (Wildman–Crippen LogP) is 4.42. The molecule has 2 N–H and O–H groups in total. The average molecular weight is 364 g/mol. The van der Waals surface area contributed by atoms with Crippen LogP contribution in [0, 0.1) is 0 Å². The highest BCUT2D eigenvalue weighted by Gasteiger charge is 2.16. The van der Waals surface area contributed by atoms with Crippen molar-refractivity contribution in [1.29, 1.82) is 0 Å². The van der Waals surface area contributed by atoms with Crippen LogP contribution in [0.4, 0.5) is 5.69 Å². The monoisotopic (exact) mass is 364 g/mol. The van der Waals surface area contributed by atoms with Crippen LogP contribution in [0.1, 0.15) is 34.5 Å². The third-order valence-corrected chi connectivity index (χ3v) is 4.77. The topological polar surface area (TPSA) is 58.2 Å². The third-order valence-electron chi connectivity index (χ3n) is 4.04. The fraction of sp³-hybridized carbons (Fsp3) is 0.143. The largest absolute Gasteiger partial charge is 0.345 e. The van der Waals surface area contributed by atoms with E-state index in [1.807, 2.05) is 54.1 Å². The minimum absolute atomic E-state index is 0.127. The van der Waals surface area contributed by atoms with E-state index in [1.54, 1.807) is 35.6 Å². The van der Waals surface area contributed by atoms with E-state index in [9.17, 15) is 9.59 Å². The van der Waals surface area contributed by atoms with Gasteiger partial charge in [-0.2, -0.15) is 11.3 Å². The molecule has 132 valence electrons. The first-order chi connectivity index (χ1) is 12.6. The van der Waals surface area contributed by atoms with E-state index in [1.165, 1.54) is 0 Å². The molecule has 3 aromatic rings. The SMILES string of the molecule is C[C@H](NC(=O)c1ccccc1NC(=O)Cc1ccsc1)c1ccccc1. The van der Waals surface area contributed by atoms with E-state index in [4.69, 9.17) is 0 Å². The molecule has 0 saturated carbocycles. The molecule has 1 heterocycles. The molecular formula is C21H20N2O2S. The van der Waals surface area contributed by atoms with E-state index >= 15 is 0 Å². The second kappa shape index (κ2) is 8.45. The lowest BCUT2D eigenvalue weighted by Crippen LogP contribution is -2.28. The van der Waals surface area contributed by atoms with Gasteiger partial charge in [0, 0.05) is 0 Å². The summed E-state index contributed by atoms with van der Waals surface area (Å²) in [6.07, 6.45) is 0.292. The van der Waals surface area contributed by atoms with Gasteiger partial charge in [-0.15, -0.1) is 0 Å². The van der Waals surface area contributed by atoms with Crippen molar-refractivity contribution in [2.24, 2.45) is 0 Å².